The molecule has 0 N–H and O–H groups in total. The van der Waals surface area contributed by atoms with Crippen LogP contribution in [0.25, 0.3) is 0 Å². The first kappa shape index (κ1) is 16.7. The first-order chi connectivity index (χ1) is 12.3. The predicted molar refractivity (Wildman–Crippen MR) is 95.1 cm³/mol. The van der Waals surface area contributed by atoms with E-state index in [1.54, 1.807) is 6.33 Å². The van der Waals surface area contributed by atoms with E-state index >= 15 is 0 Å². The zero-order valence-electron chi connectivity index (χ0n) is 14.9. The average molecular weight is 341 g/mol. The molecule has 0 unspecified atom stereocenters. The van der Waals surface area contributed by atoms with Gasteiger partial charge in [0.15, 0.2) is 0 Å². The highest BCUT2D eigenvalue weighted by Gasteiger charge is 2.32. The highest BCUT2D eigenvalue weighted by Crippen LogP contribution is 2.34. The van der Waals surface area contributed by atoms with Gasteiger partial charge >= 0.3 is 0 Å². The molecule has 2 aromatic rings. The summed E-state index contributed by atoms with van der Waals surface area (Å²) in [5.41, 5.74) is 1.20. The van der Waals surface area contributed by atoms with E-state index in [0.29, 0.717) is 11.8 Å². The lowest BCUT2D eigenvalue weighted by atomic mass is 9.89. The van der Waals surface area contributed by atoms with Crippen LogP contribution >= 0.6 is 0 Å². The van der Waals surface area contributed by atoms with Crippen molar-refractivity contribution in [1.82, 2.24) is 24.4 Å². The molecule has 2 atom stereocenters. The molecule has 0 aliphatic carbocycles. The normalized spacial score (nSPS) is 26.0. The van der Waals surface area contributed by atoms with Gasteiger partial charge in [0.05, 0.1) is 0 Å². The largest absolute Gasteiger partial charge is 0.370 e. The third-order valence-corrected chi connectivity index (χ3v) is 5.66. The molecule has 2 aliphatic rings. The van der Waals surface area contributed by atoms with Crippen molar-refractivity contribution in [3.8, 4) is 0 Å². The highest BCUT2D eigenvalue weighted by atomic mass is 16.5. The smallest absolute Gasteiger partial charge is 0.137 e. The second kappa shape index (κ2) is 7.62. The Kier molecular flexibility index (Phi) is 5.08. The Labute approximate surface area is 149 Å². The minimum Gasteiger partial charge on any atom is -0.370 e. The molecular weight excluding hydrogens is 314 g/mol. The van der Waals surface area contributed by atoms with E-state index in [9.17, 15) is 0 Å². The van der Waals surface area contributed by atoms with Gasteiger partial charge in [0.2, 0.25) is 0 Å². The molecule has 2 aromatic heterocycles. The van der Waals surface area contributed by atoms with E-state index < -0.39 is 0 Å². The number of ether oxygens (including phenoxy) is 1. The van der Waals surface area contributed by atoms with Gasteiger partial charge < -0.3 is 14.2 Å². The number of imidazole rings is 1. The van der Waals surface area contributed by atoms with Crippen molar-refractivity contribution in [2.45, 2.75) is 37.7 Å². The Morgan fingerprint density at radius 3 is 2.76 bits per heavy atom. The lowest BCUT2D eigenvalue weighted by Crippen LogP contribution is -2.40. The third kappa shape index (κ3) is 3.75. The van der Waals surface area contributed by atoms with E-state index in [-0.39, 0.29) is 6.10 Å². The van der Waals surface area contributed by atoms with Crippen molar-refractivity contribution in [2.24, 2.45) is 13.0 Å². The van der Waals surface area contributed by atoms with Crippen molar-refractivity contribution < 1.29 is 4.74 Å². The predicted octanol–water partition coefficient (Wildman–Crippen LogP) is 2.56. The molecule has 6 heteroatoms. The third-order valence-electron chi connectivity index (χ3n) is 5.66. The number of nitrogens with zero attached hydrogens (tertiary/aromatic N) is 5. The maximum atomic E-state index is 6.12. The standard InChI is InChI=1S/C19H27N5O/c1-23-11-8-21-19(23)18-16(3-2-12-25-18)13-24-9-5-15(6-10-24)17-4-7-20-14-22-17/h4,7-8,11,14-16,18H,2-3,5-6,9-10,12-13H2,1H3/t16-,18+/m0/s1. The minimum atomic E-state index is 0.133. The van der Waals surface area contributed by atoms with Crippen LogP contribution in [0.2, 0.25) is 0 Å². The van der Waals surface area contributed by atoms with Gasteiger partial charge in [-0.2, -0.15) is 0 Å². The number of aromatic nitrogens is 4. The summed E-state index contributed by atoms with van der Waals surface area (Å²) in [4.78, 5) is 15.6. The van der Waals surface area contributed by atoms with Gasteiger partial charge in [-0.1, -0.05) is 0 Å². The Morgan fingerprint density at radius 2 is 2.04 bits per heavy atom. The van der Waals surface area contributed by atoms with Crippen molar-refractivity contribution in [3.63, 3.8) is 0 Å². The van der Waals surface area contributed by atoms with Gasteiger partial charge in [0.25, 0.3) is 0 Å². The number of rotatable bonds is 4. The van der Waals surface area contributed by atoms with Crippen molar-refractivity contribution in [2.75, 3.05) is 26.2 Å². The fourth-order valence-electron chi connectivity index (χ4n) is 4.25. The number of hydrogen-bond donors (Lipinski definition) is 0. The molecule has 0 saturated carbocycles. The summed E-state index contributed by atoms with van der Waals surface area (Å²) in [7, 11) is 2.06. The van der Waals surface area contributed by atoms with Crippen LogP contribution in [0.5, 0.6) is 0 Å². The molecule has 2 saturated heterocycles. The van der Waals surface area contributed by atoms with Crippen LogP contribution in [0, 0.1) is 5.92 Å². The van der Waals surface area contributed by atoms with Crippen LogP contribution in [0.4, 0.5) is 0 Å². The van der Waals surface area contributed by atoms with E-state index in [1.807, 2.05) is 18.6 Å². The monoisotopic (exact) mass is 341 g/mol. The Morgan fingerprint density at radius 1 is 1.16 bits per heavy atom. The molecule has 2 fully saturated rings. The lowest BCUT2D eigenvalue weighted by molar-refractivity contribution is -0.0468. The van der Waals surface area contributed by atoms with Gasteiger partial charge in [0.1, 0.15) is 18.3 Å². The van der Waals surface area contributed by atoms with Crippen LogP contribution in [-0.2, 0) is 11.8 Å². The van der Waals surface area contributed by atoms with Gasteiger partial charge in [-0.3, -0.25) is 0 Å². The SMILES string of the molecule is Cn1ccnc1[C@@H]1OCCC[C@H]1CN1CCC(c2ccncn2)CC1. The van der Waals surface area contributed by atoms with Gasteiger partial charge in [0, 0.05) is 56.3 Å². The maximum absolute atomic E-state index is 6.12. The van der Waals surface area contributed by atoms with Crippen LogP contribution in [0.15, 0.2) is 31.0 Å². The molecule has 0 spiro atoms. The van der Waals surface area contributed by atoms with Crippen molar-refractivity contribution in [1.29, 1.82) is 0 Å². The van der Waals surface area contributed by atoms with E-state index in [4.69, 9.17) is 4.74 Å². The fraction of sp³-hybridized carbons (Fsp3) is 0.632. The molecule has 4 heterocycles. The summed E-state index contributed by atoms with van der Waals surface area (Å²) in [5, 5.41) is 0. The number of piperidine rings is 1. The first-order valence-corrected chi connectivity index (χ1v) is 9.38. The lowest BCUT2D eigenvalue weighted by Gasteiger charge is -2.38. The molecule has 4 rings (SSSR count). The Hall–Kier alpha value is -1.79. The minimum absolute atomic E-state index is 0.133. The maximum Gasteiger partial charge on any atom is 0.137 e. The molecule has 0 radical (unpaired) electrons. The van der Waals surface area contributed by atoms with Crippen LogP contribution in [-0.4, -0.2) is 50.7 Å². The molecular formula is C19H27N5O. The summed E-state index contributed by atoms with van der Waals surface area (Å²) >= 11 is 0. The van der Waals surface area contributed by atoms with Crippen molar-refractivity contribution in [3.05, 3.63) is 42.5 Å². The average Bonchev–Trinajstić information content (AvgIpc) is 3.09. The summed E-state index contributed by atoms with van der Waals surface area (Å²) in [6, 6.07) is 2.06. The van der Waals surface area contributed by atoms with Gasteiger partial charge in [-0.25, -0.2) is 15.0 Å². The zero-order valence-corrected chi connectivity index (χ0v) is 14.9. The quantitative estimate of drug-likeness (QED) is 0.855. The van der Waals surface area contributed by atoms with Crippen LogP contribution < -0.4 is 0 Å². The Bertz CT molecular complexity index is 665. The summed E-state index contributed by atoms with van der Waals surface area (Å²) in [5.74, 6) is 2.18. The van der Waals surface area contributed by atoms with E-state index in [0.717, 1.165) is 38.5 Å². The Balaban J connectivity index is 1.36. The topological polar surface area (TPSA) is 56.1 Å². The second-order valence-corrected chi connectivity index (χ2v) is 7.30. The van der Waals surface area contributed by atoms with Crippen LogP contribution in [0.1, 0.15) is 49.2 Å². The molecule has 134 valence electrons. The molecule has 25 heavy (non-hydrogen) atoms. The highest BCUT2D eigenvalue weighted by molar-refractivity contribution is 5.07. The molecule has 0 amide bonds. The summed E-state index contributed by atoms with van der Waals surface area (Å²) < 4.78 is 8.22. The van der Waals surface area contributed by atoms with E-state index in [1.165, 1.54) is 25.0 Å². The summed E-state index contributed by atoms with van der Waals surface area (Å²) in [6.45, 7) is 4.23. The van der Waals surface area contributed by atoms with Gasteiger partial charge in [-0.15, -0.1) is 0 Å². The number of likely N-dealkylation sites (tertiary alicyclic amines) is 1. The molecule has 6 nitrogen and oxygen atoms in total. The number of aryl methyl sites for hydroxylation is 1. The fourth-order valence-corrected chi connectivity index (χ4v) is 4.25. The molecule has 0 bridgehead atoms. The van der Waals surface area contributed by atoms with E-state index in [2.05, 4.69) is 37.5 Å². The van der Waals surface area contributed by atoms with Crippen molar-refractivity contribution >= 4 is 0 Å². The second-order valence-electron chi connectivity index (χ2n) is 7.30. The van der Waals surface area contributed by atoms with Crippen LogP contribution in [0.3, 0.4) is 0 Å². The molecule has 2 aliphatic heterocycles. The summed E-state index contributed by atoms with van der Waals surface area (Å²) in [6.07, 6.45) is 12.3. The zero-order chi connectivity index (χ0) is 17.1. The molecule has 0 aromatic carbocycles. The number of hydrogen-bond acceptors (Lipinski definition) is 5. The first-order valence-electron chi connectivity index (χ1n) is 9.38. The van der Waals surface area contributed by atoms with Gasteiger partial charge in [-0.05, 0) is 44.8 Å².